The Balaban J connectivity index is 2.23. The Kier molecular flexibility index (Phi) is 3.78. The van der Waals surface area contributed by atoms with Gasteiger partial charge in [-0.15, -0.1) is 0 Å². The maximum absolute atomic E-state index is 9.17. The van der Waals surface area contributed by atoms with Crippen molar-refractivity contribution in [2.45, 2.75) is 26.2 Å². The Labute approximate surface area is 102 Å². The Morgan fingerprint density at radius 1 is 1.53 bits per heavy atom. The number of aromatic nitrogens is 2. The van der Waals surface area contributed by atoms with Gasteiger partial charge in [-0.3, -0.25) is 0 Å². The number of hydrogen-bond acceptors (Lipinski definition) is 5. The second kappa shape index (κ2) is 5.31. The minimum absolute atomic E-state index is 0.250. The number of nitrogen functional groups attached to an aromatic ring is 1. The van der Waals surface area contributed by atoms with Crippen LogP contribution in [0.15, 0.2) is 6.33 Å². The molecule has 0 spiro atoms. The van der Waals surface area contributed by atoms with Gasteiger partial charge in [0.1, 0.15) is 18.0 Å². The molecule has 1 aliphatic rings. The van der Waals surface area contributed by atoms with E-state index in [1.54, 1.807) is 0 Å². The van der Waals surface area contributed by atoms with Gasteiger partial charge in [-0.1, -0.05) is 13.3 Å². The first kappa shape index (κ1) is 12.1. The van der Waals surface area contributed by atoms with E-state index in [4.69, 9.17) is 5.73 Å². The lowest BCUT2D eigenvalue weighted by Crippen LogP contribution is -2.24. The molecule has 1 aromatic rings. The van der Waals surface area contributed by atoms with E-state index in [9.17, 15) is 5.11 Å². The van der Waals surface area contributed by atoms with Crippen molar-refractivity contribution >= 4 is 11.6 Å². The van der Waals surface area contributed by atoms with E-state index in [1.807, 2.05) is 0 Å². The maximum Gasteiger partial charge on any atom is 0.137 e. The zero-order valence-electron chi connectivity index (χ0n) is 10.3. The fourth-order valence-corrected chi connectivity index (χ4v) is 2.35. The largest absolute Gasteiger partial charge is 0.396 e. The van der Waals surface area contributed by atoms with E-state index < -0.39 is 0 Å². The van der Waals surface area contributed by atoms with Crippen LogP contribution in [0.25, 0.3) is 0 Å². The summed E-state index contributed by atoms with van der Waals surface area (Å²) < 4.78 is 0. The minimum atomic E-state index is 0.250. The van der Waals surface area contributed by atoms with Crippen LogP contribution in [-0.2, 0) is 6.42 Å². The smallest absolute Gasteiger partial charge is 0.137 e. The SMILES string of the molecule is CCCc1c(N)ncnc1N1CCC(CO)C1. The normalized spacial score (nSPS) is 19.9. The van der Waals surface area contributed by atoms with E-state index in [1.165, 1.54) is 6.33 Å². The Morgan fingerprint density at radius 3 is 3.00 bits per heavy atom. The Bertz CT molecular complexity index is 383. The number of hydrogen-bond donors (Lipinski definition) is 2. The molecule has 0 amide bonds. The number of nitrogens with zero attached hydrogens (tertiary/aromatic N) is 3. The first-order valence-corrected chi connectivity index (χ1v) is 6.21. The van der Waals surface area contributed by atoms with Crippen molar-refractivity contribution in [3.63, 3.8) is 0 Å². The van der Waals surface area contributed by atoms with Gasteiger partial charge in [-0.2, -0.15) is 0 Å². The molecule has 1 unspecified atom stereocenters. The Hall–Kier alpha value is -1.36. The first-order valence-electron chi connectivity index (χ1n) is 6.21. The number of rotatable bonds is 4. The lowest BCUT2D eigenvalue weighted by Gasteiger charge is -2.20. The fourth-order valence-electron chi connectivity index (χ4n) is 2.35. The van der Waals surface area contributed by atoms with E-state index in [0.717, 1.165) is 43.7 Å². The summed E-state index contributed by atoms with van der Waals surface area (Å²) in [6.07, 6.45) is 4.48. The summed E-state index contributed by atoms with van der Waals surface area (Å²) in [7, 11) is 0. The summed E-state index contributed by atoms with van der Waals surface area (Å²) in [6.45, 7) is 4.18. The van der Waals surface area contributed by atoms with E-state index >= 15 is 0 Å². The maximum atomic E-state index is 9.17. The molecule has 5 nitrogen and oxygen atoms in total. The van der Waals surface area contributed by atoms with Crippen LogP contribution in [0.3, 0.4) is 0 Å². The summed E-state index contributed by atoms with van der Waals surface area (Å²) in [6, 6.07) is 0. The average molecular weight is 236 g/mol. The van der Waals surface area contributed by atoms with E-state index in [2.05, 4.69) is 21.8 Å². The van der Waals surface area contributed by atoms with Gasteiger partial charge in [0.25, 0.3) is 0 Å². The molecule has 1 aliphatic heterocycles. The van der Waals surface area contributed by atoms with Crippen LogP contribution in [0.5, 0.6) is 0 Å². The number of aliphatic hydroxyl groups is 1. The third-order valence-corrected chi connectivity index (χ3v) is 3.30. The molecular formula is C12H20N4O. The molecule has 94 valence electrons. The highest BCUT2D eigenvalue weighted by atomic mass is 16.3. The van der Waals surface area contributed by atoms with Gasteiger partial charge >= 0.3 is 0 Å². The zero-order valence-corrected chi connectivity index (χ0v) is 10.3. The van der Waals surface area contributed by atoms with Crippen LogP contribution in [0.2, 0.25) is 0 Å². The number of anilines is 2. The molecular weight excluding hydrogens is 216 g/mol. The van der Waals surface area contributed by atoms with Crippen molar-refractivity contribution in [1.29, 1.82) is 0 Å². The highest BCUT2D eigenvalue weighted by Crippen LogP contribution is 2.27. The van der Waals surface area contributed by atoms with Crippen molar-refractivity contribution in [2.75, 3.05) is 30.3 Å². The van der Waals surface area contributed by atoms with Gasteiger partial charge in [-0.25, -0.2) is 9.97 Å². The molecule has 2 rings (SSSR count). The van der Waals surface area contributed by atoms with Crippen LogP contribution in [0.4, 0.5) is 11.6 Å². The highest BCUT2D eigenvalue weighted by molar-refractivity contribution is 5.57. The molecule has 0 aliphatic carbocycles. The first-order chi connectivity index (χ1) is 8.26. The molecule has 0 aromatic carbocycles. The molecule has 5 heteroatoms. The predicted molar refractivity (Wildman–Crippen MR) is 67.8 cm³/mol. The van der Waals surface area contributed by atoms with Crippen LogP contribution in [0.1, 0.15) is 25.3 Å². The molecule has 1 saturated heterocycles. The summed E-state index contributed by atoms with van der Waals surface area (Å²) >= 11 is 0. The number of aliphatic hydroxyl groups excluding tert-OH is 1. The molecule has 1 atom stereocenters. The lowest BCUT2D eigenvalue weighted by molar-refractivity contribution is 0.238. The van der Waals surface area contributed by atoms with Crippen molar-refractivity contribution in [1.82, 2.24) is 9.97 Å². The van der Waals surface area contributed by atoms with Crippen molar-refractivity contribution in [3.05, 3.63) is 11.9 Å². The molecule has 1 aromatic heterocycles. The molecule has 3 N–H and O–H groups in total. The van der Waals surface area contributed by atoms with Crippen molar-refractivity contribution in [2.24, 2.45) is 5.92 Å². The van der Waals surface area contributed by atoms with Crippen molar-refractivity contribution < 1.29 is 5.11 Å². The molecule has 1 fully saturated rings. The lowest BCUT2D eigenvalue weighted by atomic mass is 10.1. The minimum Gasteiger partial charge on any atom is -0.396 e. The van der Waals surface area contributed by atoms with Gasteiger partial charge in [0, 0.05) is 31.2 Å². The van der Waals surface area contributed by atoms with Gasteiger partial charge < -0.3 is 15.7 Å². The van der Waals surface area contributed by atoms with E-state index in [0.29, 0.717) is 11.7 Å². The summed E-state index contributed by atoms with van der Waals surface area (Å²) in [4.78, 5) is 10.6. The molecule has 0 saturated carbocycles. The fraction of sp³-hybridized carbons (Fsp3) is 0.667. The quantitative estimate of drug-likeness (QED) is 0.810. The third kappa shape index (κ3) is 2.49. The van der Waals surface area contributed by atoms with Crippen LogP contribution in [0, 0.1) is 5.92 Å². The zero-order chi connectivity index (χ0) is 12.3. The standard InChI is InChI=1S/C12H20N4O/c1-2-3-10-11(13)14-8-15-12(10)16-5-4-9(6-16)7-17/h8-9,17H,2-7H2,1H3,(H2,13,14,15). The predicted octanol–water partition coefficient (Wildman–Crippen LogP) is 0.830. The third-order valence-electron chi connectivity index (χ3n) is 3.30. The van der Waals surface area contributed by atoms with Gasteiger partial charge in [-0.05, 0) is 12.8 Å². The molecule has 0 radical (unpaired) electrons. The Morgan fingerprint density at radius 2 is 2.35 bits per heavy atom. The van der Waals surface area contributed by atoms with E-state index in [-0.39, 0.29) is 6.61 Å². The van der Waals surface area contributed by atoms with Crippen LogP contribution in [-0.4, -0.2) is 34.8 Å². The summed E-state index contributed by atoms with van der Waals surface area (Å²) in [5.74, 6) is 1.90. The molecule has 0 bridgehead atoms. The van der Waals surface area contributed by atoms with Gasteiger partial charge in [0.05, 0.1) is 0 Å². The highest BCUT2D eigenvalue weighted by Gasteiger charge is 2.25. The average Bonchev–Trinajstić information content (AvgIpc) is 2.80. The van der Waals surface area contributed by atoms with Crippen LogP contribution >= 0.6 is 0 Å². The summed E-state index contributed by atoms with van der Waals surface area (Å²) in [5.41, 5.74) is 6.96. The van der Waals surface area contributed by atoms with Gasteiger partial charge in [0.2, 0.25) is 0 Å². The monoisotopic (exact) mass is 236 g/mol. The topological polar surface area (TPSA) is 75.3 Å². The van der Waals surface area contributed by atoms with Crippen molar-refractivity contribution in [3.8, 4) is 0 Å². The number of nitrogens with two attached hydrogens (primary N) is 1. The molecule has 17 heavy (non-hydrogen) atoms. The second-order valence-electron chi connectivity index (χ2n) is 4.59. The van der Waals surface area contributed by atoms with Gasteiger partial charge in [0.15, 0.2) is 0 Å². The molecule has 2 heterocycles. The van der Waals surface area contributed by atoms with Crippen LogP contribution < -0.4 is 10.6 Å². The second-order valence-corrected chi connectivity index (χ2v) is 4.59. The summed E-state index contributed by atoms with van der Waals surface area (Å²) in [5, 5.41) is 9.17.